The largest absolute Gasteiger partial charge is 0.435 e. The summed E-state index contributed by atoms with van der Waals surface area (Å²) in [6, 6.07) is 5.00. The number of imide groups is 1. The van der Waals surface area contributed by atoms with Crippen LogP contribution in [-0.2, 0) is 15.1 Å². The summed E-state index contributed by atoms with van der Waals surface area (Å²) in [4.78, 5) is 41.1. The predicted octanol–water partition coefficient (Wildman–Crippen LogP) is 3.24. The van der Waals surface area contributed by atoms with Crippen LogP contribution in [-0.4, -0.2) is 53.4 Å². The Bertz CT molecular complexity index is 796. The SMILES string of the molecule is CCN(C(=O)CN1C(=O)N[C@@](C)(c2ccc(OC(F)F)cc2)C1=O)C1CCCCC1. The highest BCUT2D eigenvalue weighted by atomic mass is 19.3. The first-order chi connectivity index (χ1) is 14.3. The average molecular weight is 423 g/mol. The topological polar surface area (TPSA) is 79.0 Å². The smallest absolute Gasteiger partial charge is 0.387 e. The Morgan fingerprint density at radius 3 is 2.43 bits per heavy atom. The van der Waals surface area contributed by atoms with Crippen LogP contribution in [0.1, 0.15) is 51.5 Å². The summed E-state index contributed by atoms with van der Waals surface area (Å²) < 4.78 is 29.0. The molecule has 9 heteroatoms. The van der Waals surface area contributed by atoms with Gasteiger partial charge in [0, 0.05) is 12.6 Å². The molecular weight excluding hydrogens is 396 g/mol. The van der Waals surface area contributed by atoms with Crippen molar-refractivity contribution in [1.82, 2.24) is 15.1 Å². The molecule has 1 aliphatic heterocycles. The monoisotopic (exact) mass is 423 g/mol. The Morgan fingerprint density at radius 1 is 1.23 bits per heavy atom. The van der Waals surface area contributed by atoms with Crippen LogP contribution in [0.2, 0.25) is 0 Å². The fourth-order valence-electron chi connectivity index (χ4n) is 4.26. The quantitative estimate of drug-likeness (QED) is 0.683. The number of alkyl halides is 2. The van der Waals surface area contributed by atoms with E-state index in [2.05, 4.69) is 10.1 Å². The van der Waals surface area contributed by atoms with E-state index < -0.39 is 24.1 Å². The highest BCUT2D eigenvalue weighted by Gasteiger charge is 2.49. The number of hydrogen-bond acceptors (Lipinski definition) is 4. The number of urea groups is 1. The van der Waals surface area contributed by atoms with Crippen LogP contribution in [0.15, 0.2) is 24.3 Å². The molecule has 2 aliphatic rings. The fraction of sp³-hybridized carbons (Fsp3) is 0.571. The Balaban J connectivity index is 1.72. The normalized spacial score (nSPS) is 22.4. The van der Waals surface area contributed by atoms with E-state index in [9.17, 15) is 23.2 Å². The summed E-state index contributed by atoms with van der Waals surface area (Å²) >= 11 is 0. The highest BCUT2D eigenvalue weighted by molar-refractivity contribution is 6.09. The summed E-state index contributed by atoms with van der Waals surface area (Å²) in [7, 11) is 0. The van der Waals surface area contributed by atoms with Gasteiger partial charge in [0.2, 0.25) is 5.91 Å². The molecule has 1 aromatic rings. The summed E-state index contributed by atoms with van der Waals surface area (Å²) in [5, 5.41) is 2.63. The lowest BCUT2D eigenvalue weighted by Gasteiger charge is -2.34. The van der Waals surface area contributed by atoms with E-state index in [4.69, 9.17) is 0 Å². The van der Waals surface area contributed by atoms with Crippen LogP contribution >= 0.6 is 0 Å². The maximum Gasteiger partial charge on any atom is 0.387 e. The third-order valence-corrected chi connectivity index (χ3v) is 5.90. The summed E-state index contributed by atoms with van der Waals surface area (Å²) in [5.74, 6) is -0.854. The van der Waals surface area contributed by atoms with Crippen LogP contribution in [0.5, 0.6) is 5.75 Å². The van der Waals surface area contributed by atoms with Gasteiger partial charge in [0.1, 0.15) is 17.8 Å². The third-order valence-electron chi connectivity index (χ3n) is 5.90. The van der Waals surface area contributed by atoms with Gasteiger partial charge in [0.15, 0.2) is 0 Å². The van der Waals surface area contributed by atoms with Gasteiger partial charge in [-0.25, -0.2) is 4.79 Å². The van der Waals surface area contributed by atoms with Crippen LogP contribution in [0.25, 0.3) is 0 Å². The molecule has 0 spiro atoms. The summed E-state index contributed by atoms with van der Waals surface area (Å²) in [6.07, 6.45) is 5.17. The van der Waals surface area contributed by atoms with Crippen LogP contribution in [0.4, 0.5) is 13.6 Å². The molecule has 2 fully saturated rings. The molecule has 0 aromatic heterocycles. The van der Waals surface area contributed by atoms with Crippen molar-refractivity contribution in [2.45, 2.75) is 64.1 Å². The number of nitrogens with one attached hydrogen (secondary N) is 1. The van der Waals surface area contributed by atoms with Crippen molar-refractivity contribution in [2.75, 3.05) is 13.1 Å². The number of benzene rings is 1. The van der Waals surface area contributed by atoms with Crippen molar-refractivity contribution in [3.63, 3.8) is 0 Å². The molecule has 1 heterocycles. The molecule has 164 valence electrons. The second-order valence-electron chi connectivity index (χ2n) is 7.82. The Hall–Kier alpha value is -2.71. The first-order valence-electron chi connectivity index (χ1n) is 10.2. The minimum absolute atomic E-state index is 0.0489. The number of likely N-dealkylation sites (N-methyl/N-ethyl adjacent to an activating group) is 1. The molecule has 0 radical (unpaired) electrons. The van der Waals surface area contributed by atoms with Gasteiger partial charge in [-0.05, 0) is 44.4 Å². The van der Waals surface area contributed by atoms with Crippen LogP contribution < -0.4 is 10.1 Å². The number of halogens is 2. The van der Waals surface area contributed by atoms with Crippen molar-refractivity contribution >= 4 is 17.8 Å². The van der Waals surface area contributed by atoms with Crippen molar-refractivity contribution in [1.29, 1.82) is 0 Å². The molecule has 7 nitrogen and oxygen atoms in total. The van der Waals surface area contributed by atoms with Gasteiger partial charge in [-0.15, -0.1) is 0 Å². The third kappa shape index (κ3) is 4.39. The number of ether oxygens (including phenoxy) is 1. The zero-order valence-corrected chi connectivity index (χ0v) is 17.2. The molecule has 0 bridgehead atoms. The lowest BCUT2D eigenvalue weighted by molar-refractivity contribution is -0.140. The second kappa shape index (κ2) is 8.97. The number of amides is 4. The number of nitrogens with zero attached hydrogens (tertiary/aromatic N) is 2. The van der Waals surface area contributed by atoms with Gasteiger partial charge < -0.3 is 15.0 Å². The predicted molar refractivity (Wildman–Crippen MR) is 105 cm³/mol. The van der Waals surface area contributed by atoms with Gasteiger partial charge in [-0.1, -0.05) is 31.4 Å². The molecular formula is C21H27F2N3O4. The molecule has 0 unspecified atom stereocenters. The van der Waals surface area contributed by atoms with Crippen molar-refractivity contribution in [3.8, 4) is 5.75 Å². The van der Waals surface area contributed by atoms with Crippen molar-refractivity contribution < 1.29 is 27.9 Å². The van der Waals surface area contributed by atoms with E-state index in [1.165, 1.54) is 31.2 Å². The van der Waals surface area contributed by atoms with E-state index in [-0.39, 0.29) is 24.2 Å². The average Bonchev–Trinajstić information content (AvgIpc) is 2.93. The number of hydrogen-bond donors (Lipinski definition) is 1. The van der Waals surface area contributed by atoms with Gasteiger partial charge in [0.05, 0.1) is 0 Å². The maximum absolute atomic E-state index is 13.0. The first kappa shape index (κ1) is 22.0. The standard InChI is InChI=1S/C21H27F2N3O4/c1-3-25(15-7-5-4-6-8-15)17(27)13-26-18(28)21(2,24-20(26)29)14-9-11-16(12-10-14)30-19(22)23/h9-12,15,19H,3-8,13H2,1-2H3,(H,24,29)/t21-/m0/s1. The molecule has 1 atom stereocenters. The van der Waals surface area contributed by atoms with Gasteiger partial charge in [-0.2, -0.15) is 8.78 Å². The van der Waals surface area contributed by atoms with E-state index >= 15 is 0 Å². The molecule has 3 rings (SSSR count). The maximum atomic E-state index is 13.0. The van der Waals surface area contributed by atoms with Crippen molar-refractivity contribution in [3.05, 3.63) is 29.8 Å². The fourth-order valence-corrected chi connectivity index (χ4v) is 4.26. The molecule has 1 saturated carbocycles. The van der Waals surface area contributed by atoms with Gasteiger partial charge in [0.25, 0.3) is 5.91 Å². The van der Waals surface area contributed by atoms with E-state index in [1.807, 2.05) is 6.92 Å². The van der Waals surface area contributed by atoms with E-state index in [1.54, 1.807) is 4.90 Å². The van der Waals surface area contributed by atoms with Crippen LogP contribution in [0.3, 0.4) is 0 Å². The number of carbonyl (C=O) groups excluding carboxylic acids is 3. The Morgan fingerprint density at radius 2 is 1.87 bits per heavy atom. The van der Waals surface area contributed by atoms with E-state index in [0.717, 1.165) is 37.0 Å². The van der Waals surface area contributed by atoms with Crippen molar-refractivity contribution in [2.24, 2.45) is 0 Å². The molecule has 1 N–H and O–H groups in total. The Kier molecular flexibility index (Phi) is 6.58. The first-order valence-corrected chi connectivity index (χ1v) is 10.2. The van der Waals surface area contributed by atoms with E-state index in [0.29, 0.717) is 12.1 Å². The summed E-state index contributed by atoms with van der Waals surface area (Å²) in [5.41, 5.74) is -0.972. The summed E-state index contributed by atoms with van der Waals surface area (Å²) in [6.45, 7) is 0.671. The Labute approximate surface area is 174 Å². The molecule has 30 heavy (non-hydrogen) atoms. The zero-order chi connectivity index (χ0) is 21.9. The number of rotatable bonds is 7. The second-order valence-corrected chi connectivity index (χ2v) is 7.82. The lowest BCUT2D eigenvalue weighted by atomic mass is 9.92. The molecule has 4 amide bonds. The van der Waals surface area contributed by atoms with Crippen LogP contribution in [0, 0.1) is 0 Å². The highest BCUT2D eigenvalue weighted by Crippen LogP contribution is 2.31. The minimum Gasteiger partial charge on any atom is -0.435 e. The molecule has 1 aliphatic carbocycles. The molecule has 1 saturated heterocycles. The number of carbonyl (C=O) groups is 3. The zero-order valence-electron chi connectivity index (χ0n) is 17.2. The lowest BCUT2D eigenvalue weighted by Crippen LogP contribution is -2.48. The minimum atomic E-state index is -2.95. The van der Waals surface area contributed by atoms with Gasteiger partial charge in [-0.3, -0.25) is 14.5 Å². The molecule has 1 aromatic carbocycles. The van der Waals surface area contributed by atoms with Gasteiger partial charge >= 0.3 is 12.6 Å².